The van der Waals surface area contributed by atoms with Crippen molar-refractivity contribution in [2.45, 2.75) is 13.3 Å². The summed E-state index contributed by atoms with van der Waals surface area (Å²) in [5.41, 5.74) is 1.83. The maximum atomic E-state index is 11.2. The van der Waals surface area contributed by atoms with Gasteiger partial charge in [0.2, 0.25) is 0 Å². The molecule has 1 atom stereocenters. The molecule has 2 amide bonds. The van der Waals surface area contributed by atoms with Crippen molar-refractivity contribution in [3.05, 3.63) is 0 Å². The summed E-state index contributed by atoms with van der Waals surface area (Å²) >= 11 is 0. The predicted molar refractivity (Wildman–Crippen MR) is 42.7 cm³/mol. The van der Waals surface area contributed by atoms with E-state index in [0.29, 0.717) is 19.0 Å². The third kappa shape index (κ3) is 1.73. The van der Waals surface area contributed by atoms with Gasteiger partial charge in [0.25, 0.3) is 0 Å². The van der Waals surface area contributed by atoms with Crippen molar-refractivity contribution in [3.8, 4) is 0 Å². The molecule has 0 spiro atoms. The monoisotopic (exact) mass is 171 g/mol. The van der Waals surface area contributed by atoms with Crippen LogP contribution in [0.3, 0.4) is 0 Å². The Morgan fingerprint density at radius 2 is 2.25 bits per heavy atom. The first-order valence-corrected chi connectivity index (χ1v) is 3.95. The Labute approximate surface area is 70.9 Å². The first-order chi connectivity index (χ1) is 5.65. The van der Waals surface area contributed by atoms with Gasteiger partial charge in [-0.05, 0) is 12.3 Å². The first kappa shape index (κ1) is 8.99. The highest BCUT2D eigenvalue weighted by molar-refractivity contribution is 6.34. The summed E-state index contributed by atoms with van der Waals surface area (Å²) in [5, 5.41) is 0. The van der Waals surface area contributed by atoms with Gasteiger partial charge in [-0.25, -0.2) is 5.84 Å². The number of hydrogen-bond donors (Lipinski definition) is 2. The van der Waals surface area contributed by atoms with Gasteiger partial charge >= 0.3 is 11.8 Å². The smallest absolute Gasteiger partial charge is 0.323 e. The van der Waals surface area contributed by atoms with Gasteiger partial charge in [-0.1, -0.05) is 6.92 Å². The molecular formula is C7H13N3O2. The predicted octanol–water partition coefficient (Wildman–Crippen LogP) is -1.16. The van der Waals surface area contributed by atoms with Crippen molar-refractivity contribution in [3.63, 3.8) is 0 Å². The van der Waals surface area contributed by atoms with Gasteiger partial charge in [0.05, 0.1) is 0 Å². The molecule has 12 heavy (non-hydrogen) atoms. The molecule has 5 nitrogen and oxygen atoms in total. The van der Waals surface area contributed by atoms with Gasteiger partial charge in [-0.3, -0.25) is 15.0 Å². The summed E-state index contributed by atoms with van der Waals surface area (Å²) in [6.07, 6.45) is 0.962. The van der Waals surface area contributed by atoms with Gasteiger partial charge in [-0.15, -0.1) is 0 Å². The van der Waals surface area contributed by atoms with Crippen molar-refractivity contribution in [1.82, 2.24) is 10.3 Å². The van der Waals surface area contributed by atoms with Crippen LogP contribution in [0.25, 0.3) is 0 Å². The second-order valence-electron chi connectivity index (χ2n) is 3.12. The number of hydrazine groups is 1. The van der Waals surface area contributed by atoms with Crippen LogP contribution in [0, 0.1) is 5.92 Å². The quantitative estimate of drug-likeness (QED) is 0.209. The fraction of sp³-hybridized carbons (Fsp3) is 0.714. The summed E-state index contributed by atoms with van der Waals surface area (Å²) < 4.78 is 0. The van der Waals surface area contributed by atoms with Gasteiger partial charge < -0.3 is 4.90 Å². The number of likely N-dealkylation sites (tertiary alicyclic amines) is 1. The molecule has 0 aromatic heterocycles. The lowest BCUT2D eigenvalue weighted by molar-refractivity contribution is -0.145. The van der Waals surface area contributed by atoms with Crippen LogP contribution in [-0.2, 0) is 9.59 Å². The standard InChI is InChI=1S/C7H13N3O2/c1-5-2-3-10(4-5)7(12)6(11)9-8/h5H,2-4,8H2,1H3,(H,9,11). The van der Waals surface area contributed by atoms with E-state index in [1.165, 1.54) is 4.90 Å². The molecule has 0 aromatic carbocycles. The number of nitrogens with one attached hydrogen (secondary N) is 1. The second kappa shape index (κ2) is 3.53. The summed E-state index contributed by atoms with van der Waals surface area (Å²) in [7, 11) is 0. The maximum Gasteiger partial charge on any atom is 0.323 e. The average Bonchev–Trinajstić information content (AvgIpc) is 2.49. The van der Waals surface area contributed by atoms with Gasteiger partial charge in [-0.2, -0.15) is 0 Å². The molecule has 68 valence electrons. The van der Waals surface area contributed by atoms with E-state index in [0.717, 1.165) is 6.42 Å². The fourth-order valence-electron chi connectivity index (χ4n) is 1.32. The molecule has 5 heteroatoms. The minimum absolute atomic E-state index is 0.486. The molecule has 3 N–H and O–H groups in total. The maximum absolute atomic E-state index is 11.2. The molecule has 1 aliphatic heterocycles. The normalized spacial score (nSPS) is 22.5. The number of rotatable bonds is 0. The Hall–Kier alpha value is -1.10. The van der Waals surface area contributed by atoms with Gasteiger partial charge in [0, 0.05) is 13.1 Å². The Balaban J connectivity index is 2.48. The second-order valence-corrected chi connectivity index (χ2v) is 3.12. The van der Waals surface area contributed by atoms with E-state index >= 15 is 0 Å². The first-order valence-electron chi connectivity index (χ1n) is 3.95. The summed E-state index contributed by atoms with van der Waals surface area (Å²) in [6.45, 7) is 3.37. The molecule has 1 unspecified atom stereocenters. The van der Waals surface area contributed by atoms with Crippen molar-refractivity contribution in [1.29, 1.82) is 0 Å². The fourth-order valence-corrected chi connectivity index (χ4v) is 1.32. The molecule has 1 saturated heterocycles. The summed E-state index contributed by atoms with van der Waals surface area (Å²) in [5.74, 6) is 4.06. The Bertz CT molecular complexity index is 205. The van der Waals surface area contributed by atoms with Crippen molar-refractivity contribution >= 4 is 11.8 Å². The molecule has 1 rings (SSSR count). The van der Waals surface area contributed by atoms with Crippen molar-refractivity contribution in [2.75, 3.05) is 13.1 Å². The van der Waals surface area contributed by atoms with E-state index in [-0.39, 0.29) is 0 Å². The number of carbonyl (C=O) groups is 2. The number of nitrogens with zero attached hydrogens (tertiary/aromatic N) is 1. The third-order valence-electron chi connectivity index (χ3n) is 2.04. The summed E-state index contributed by atoms with van der Waals surface area (Å²) in [6, 6.07) is 0. The lowest BCUT2D eigenvalue weighted by Crippen LogP contribution is -2.44. The molecular weight excluding hydrogens is 158 g/mol. The lowest BCUT2D eigenvalue weighted by Gasteiger charge is -2.13. The highest BCUT2D eigenvalue weighted by Crippen LogP contribution is 2.14. The Morgan fingerprint density at radius 1 is 1.58 bits per heavy atom. The molecule has 1 heterocycles. The molecule has 0 radical (unpaired) electrons. The molecule has 1 aliphatic rings. The van der Waals surface area contributed by atoms with Crippen LogP contribution in [0.2, 0.25) is 0 Å². The number of carbonyl (C=O) groups excluding carboxylic acids is 2. The Morgan fingerprint density at radius 3 is 2.67 bits per heavy atom. The topological polar surface area (TPSA) is 75.4 Å². The highest BCUT2D eigenvalue weighted by atomic mass is 16.2. The van der Waals surface area contributed by atoms with E-state index in [1.807, 2.05) is 12.3 Å². The zero-order valence-electron chi connectivity index (χ0n) is 7.04. The molecule has 0 aromatic rings. The minimum atomic E-state index is -0.732. The molecule has 0 saturated carbocycles. The molecule has 0 bridgehead atoms. The van der Waals surface area contributed by atoms with Crippen LogP contribution in [0.5, 0.6) is 0 Å². The zero-order chi connectivity index (χ0) is 9.14. The van der Waals surface area contributed by atoms with Crippen molar-refractivity contribution in [2.24, 2.45) is 11.8 Å². The van der Waals surface area contributed by atoms with Crippen molar-refractivity contribution < 1.29 is 9.59 Å². The van der Waals surface area contributed by atoms with E-state index in [2.05, 4.69) is 0 Å². The summed E-state index contributed by atoms with van der Waals surface area (Å²) in [4.78, 5) is 23.5. The highest BCUT2D eigenvalue weighted by Gasteiger charge is 2.27. The molecule has 1 fully saturated rings. The third-order valence-corrected chi connectivity index (χ3v) is 2.04. The van der Waals surface area contributed by atoms with E-state index < -0.39 is 11.8 Å². The van der Waals surface area contributed by atoms with Crippen LogP contribution in [0.1, 0.15) is 13.3 Å². The minimum Gasteiger partial charge on any atom is -0.334 e. The zero-order valence-corrected chi connectivity index (χ0v) is 7.04. The van der Waals surface area contributed by atoms with Crippen LogP contribution in [-0.4, -0.2) is 29.8 Å². The van der Waals surface area contributed by atoms with Crippen LogP contribution < -0.4 is 11.3 Å². The lowest BCUT2D eigenvalue weighted by atomic mass is 10.2. The SMILES string of the molecule is CC1CCN(C(=O)C(=O)NN)C1. The molecule has 0 aliphatic carbocycles. The average molecular weight is 171 g/mol. The number of amides is 2. The van der Waals surface area contributed by atoms with Crippen LogP contribution in [0.4, 0.5) is 0 Å². The van der Waals surface area contributed by atoms with Crippen LogP contribution in [0.15, 0.2) is 0 Å². The van der Waals surface area contributed by atoms with Gasteiger partial charge in [0.15, 0.2) is 0 Å². The van der Waals surface area contributed by atoms with Gasteiger partial charge in [0.1, 0.15) is 0 Å². The number of hydrogen-bond acceptors (Lipinski definition) is 3. The largest absolute Gasteiger partial charge is 0.334 e. The number of nitrogens with two attached hydrogens (primary N) is 1. The van der Waals surface area contributed by atoms with E-state index in [1.54, 1.807) is 0 Å². The van der Waals surface area contributed by atoms with Crippen LogP contribution >= 0.6 is 0 Å². The van der Waals surface area contributed by atoms with E-state index in [4.69, 9.17) is 5.84 Å². The van der Waals surface area contributed by atoms with E-state index in [9.17, 15) is 9.59 Å². The Kier molecular flexibility index (Phi) is 2.65.